The Labute approximate surface area is 90.0 Å². The van der Waals surface area contributed by atoms with Gasteiger partial charge in [0.25, 0.3) is 0 Å². The molecule has 1 unspecified atom stereocenters. The molecule has 1 atom stereocenters. The molecule has 2 N–H and O–H groups in total. The molecule has 0 bridgehead atoms. The molecule has 0 aliphatic carbocycles. The summed E-state index contributed by atoms with van der Waals surface area (Å²) in [5, 5.41) is 4.97. The van der Waals surface area contributed by atoms with E-state index in [9.17, 15) is 22.8 Å². The van der Waals surface area contributed by atoms with Gasteiger partial charge in [-0.2, -0.15) is 13.2 Å². The fraction of sp³-hybridized carbons (Fsp3) is 0.750. The van der Waals surface area contributed by atoms with Crippen LogP contribution in [0.3, 0.4) is 0 Å². The molecule has 0 aromatic carbocycles. The summed E-state index contributed by atoms with van der Waals surface area (Å²) in [6.07, 6.45) is -4.41. The first-order valence-corrected chi connectivity index (χ1v) is 4.61. The van der Waals surface area contributed by atoms with E-state index in [2.05, 4.69) is 10.6 Å². The fourth-order valence-corrected chi connectivity index (χ4v) is 1.35. The number of nitrogens with zero attached hydrogens (tertiary/aromatic N) is 1. The first-order valence-electron chi connectivity index (χ1n) is 4.61. The largest absolute Gasteiger partial charge is 0.406 e. The number of carbonyl (C=O) groups excluding carboxylic acids is 2. The lowest BCUT2D eigenvalue weighted by Gasteiger charge is -2.28. The Morgan fingerprint density at radius 3 is 2.62 bits per heavy atom. The van der Waals surface area contributed by atoms with E-state index in [1.54, 1.807) is 0 Å². The number of nitrogens with one attached hydrogen (secondary N) is 2. The van der Waals surface area contributed by atoms with Gasteiger partial charge in [0.15, 0.2) is 0 Å². The molecular formula is C8H12F3N3O2. The Morgan fingerprint density at radius 2 is 2.19 bits per heavy atom. The van der Waals surface area contributed by atoms with E-state index in [0.29, 0.717) is 4.90 Å². The van der Waals surface area contributed by atoms with Crippen molar-refractivity contribution in [2.45, 2.75) is 12.2 Å². The number of hydrogen-bond donors (Lipinski definition) is 2. The molecule has 0 saturated carbocycles. The zero-order chi connectivity index (χ0) is 12.3. The third-order valence-electron chi connectivity index (χ3n) is 2.10. The number of carbonyl (C=O) groups is 2. The van der Waals surface area contributed by atoms with Crippen molar-refractivity contribution in [2.24, 2.45) is 0 Å². The summed E-state index contributed by atoms with van der Waals surface area (Å²) in [5.74, 6) is -0.958. The predicted octanol–water partition coefficient (Wildman–Crippen LogP) is -0.905. The smallest absolute Gasteiger partial charge is 0.353 e. The summed E-state index contributed by atoms with van der Waals surface area (Å²) < 4.78 is 36.0. The van der Waals surface area contributed by atoms with Crippen LogP contribution in [0.25, 0.3) is 0 Å². The second-order valence-electron chi connectivity index (χ2n) is 3.55. The number of amides is 2. The maximum atomic E-state index is 12.0. The van der Waals surface area contributed by atoms with E-state index in [1.165, 1.54) is 0 Å². The Hall–Kier alpha value is -1.31. The Kier molecular flexibility index (Phi) is 3.74. The van der Waals surface area contributed by atoms with Crippen LogP contribution in [0.15, 0.2) is 0 Å². The van der Waals surface area contributed by atoms with Gasteiger partial charge in [-0.3, -0.25) is 14.9 Å². The van der Waals surface area contributed by atoms with Gasteiger partial charge in [-0.05, 0) is 0 Å². The van der Waals surface area contributed by atoms with Crippen molar-refractivity contribution in [1.29, 1.82) is 0 Å². The van der Waals surface area contributed by atoms with Crippen molar-refractivity contribution in [3.05, 3.63) is 0 Å². The summed E-state index contributed by atoms with van der Waals surface area (Å²) in [6.45, 7) is -1.34. The summed E-state index contributed by atoms with van der Waals surface area (Å²) in [7, 11) is 1.08. The molecule has 1 rings (SSSR count). The van der Waals surface area contributed by atoms with E-state index < -0.39 is 24.7 Å². The van der Waals surface area contributed by atoms with Gasteiger partial charge < -0.3 is 10.2 Å². The van der Waals surface area contributed by atoms with Crippen molar-refractivity contribution in [3.63, 3.8) is 0 Å². The van der Waals surface area contributed by atoms with Crippen molar-refractivity contribution in [1.82, 2.24) is 15.5 Å². The second-order valence-corrected chi connectivity index (χ2v) is 3.55. The van der Waals surface area contributed by atoms with Crippen LogP contribution >= 0.6 is 0 Å². The van der Waals surface area contributed by atoms with E-state index in [4.69, 9.17) is 0 Å². The molecule has 1 aliphatic heterocycles. The molecule has 1 heterocycles. The number of halogens is 3. The van der Waals surface area contributed by atoms with Crippen LogP contribution in [0.5, 0.6) is 0 Å². The molecule has 0 spiro atoms. The number of alkyl halides is 3. The summed E-state index contributed by atoms with van der Waals surface area (Å²) in [6, 6.07) is -0.787. The van der Waals surface area contributed by atoms with Gasteiger partial charge in [0, 0.05) is 13.6 Å². The lowest BCUT2D eigenvalue weighted by molar-refractivity contribution is -0.160. The van der Waals surface area contributed by atoms with Crippen molar-refractivity contribution >= 4 is 11.8 Å². The highest BCUT2D eigenvalue weighted by atomic mass is 19.4. The Morgan fingerprint density at radius 1 is 1.56 bits per heavy atom. The maximum absolute atomic E-state index is 12.0. The normalized spacial score (nSPS) is 21.5. The van der Waals surface area contributed by atoms with Crippen molar-refractivity contribution < 1.29 is 22.8 Å². The minimum atomic E-state index is -4.41. The molecule has 5 nitrogen and oxygen atoms in total. The van der Waals surface area contributed by atoms with Crippen LogP contribution in [-0.4, -0.2) is 55.6 Å². The molecule has 8 heteroatoms. The highest BCUT2D eigenvalue weighted by Crippen LogP contribution is 2.15. The third-order valence-corrected chi connectivity index (χ3v) is 2.10. The monoisotopic (exact) mass is 239 g/mol. The molecule has 2 amide bonds. The Balaban J connectivity index is 2.48. The first-order chi connectivity index (χ1) is 7.29. The van der Waals surface area contributed by atoms with Crippen LogP contribution in [0.2, 0.25) is 0 Å². The number of piperazine rings is 1. The van der Waals surface area contributed by atoms with E-state index >= 15 is 0 Å². The van der Waals surface area contributed by atoms with Crippen LogP contribution < -0.4 is 10.6 Å². The van der Waals surface area contributed by atoms with Gasteiger partial charge >= 0.3 is 6.18 Å². The average Bonchev–Trinajstić information content (AvgIpc) is 2.15. The molecule has 0 aromatic heterocycles. The Bertz CT molecular complexity index is 283. The van der Waals surface area contributed by atoms with Gasteiger partial charge in [0.2, 0.25) is 11.8 Å². The molecule has 1 saturated heterocycles. The van der Waals surface area contributed by atoms with Gasteiger partial charge in [-0.15, -0.1) is 0 Å². The van der Waals surface area contributed by atoms with Gasteiger partial charge in [-0.25, -0.2) is 0 Å². The van der Waals surface area contributed by atoms with E-state index in [1.807, 2.05) is 0 Å². The lowest BCUT2D eigenvalue weighted by Crippen LogP contribution is -2.58. The quantitative estimate of drug-likeness (QED) is 0.656. The van der Waals surface area contributed by atoms with Crippen molar-refractivity contribution in [3.8, 4) is 0 Å². The van der Waals surface area contributed by atoms with Gasteiger partial charge in [-0.1, -0.05) is 0 Å². The summed E-state index contributed by atoms with van der Waals surface area (Å²) in [4.78, 5) is 22.8. The maximum Gasteiger partial charge on any atom is 0.406 e. The third kappa shape index (κ3) is 3.69. The lowest BCUT2D eigenvalue weighted by atomic mass is 10.2. The van der Waals surface area contributed by atoms with Gasteiger partial charge in [0.05, 0.1) is 6.54 Å². The van der Waals surface area contributed by atoms with Crippen molar-refractivity contribution in [2.75, 3.05) is 26.7 Å². The van der Waals surface area contributed by atoms with Crippen LogP contribution in [0.1, 0.15) is 0 Å². The summed E-state index contributed by atoms with van der Waals surface area (Å²) >= 11 is 0. The van der Waals surface area contributed by atoms with E-state index in [-0.39, 0.29) is 19.0 Å². The molecule has 0 aromatic rings. The molecular weight excluding hydrogens is 227 g/mol. The number of rotatable bonds is 2. The van der Waals surface area contributed by atoms with Crippen LogP contribution in [0.4, 0.5) is 13.2 Å². The highest BCUT2D eigenvalue weighted by Gasteiger charge is 2.34. The molecule has 0 radical (unpaired) electrons. The topological polar surface area (TPSA) is 61.4 Å². The average molecular weight is 239 g/mol. The van der Waals surface area contributed by atoms with Crippen LogP contribution in [0, 0.1) is 0 Å². The highest BCUT2D eigenvalue weighted by molar-refractivity contribution is 5.86. The zero-order valence-electron chi connectivity index (χ0n) is 8.60. The minimum Gasteiger partial charge on any atom is -0.353 e. The fourth-order valence-electron chi connectivity index (χ4n) is 1.35. The molecule has 1 fully saturated rings. The van der Waals surface area contributed by atoms with E-state index in [0.717, 1.165) is 7.05 Å². The predicted molar refractivity (Wildman–Crippen MR) is 48.5 cm³/mol. The SMILES string of the molecule is CN(CC(F)(F)F)C(=O)C1CNC(=O)CN1. The molecule has 92 valence electrons. The number of likely N-dealkylation sites (N-methyl/N-ethyl adjacent to an activating group) is 1. The standard InChI is InChI=1S/C8H12F3N3O2/c1-14(4-8(9,10)11)7(16)5-2-13-6(15)3-12-5/h5,12H,2-4H2,1H3,(H,13,15). The van der Waals surface area contributed by atoms with Gasteiger partial charge in [0.1, 0.15) is 12.6 Å². The first kappa shape index (κ1) is 12.8. The molecule has 1 aliphatic rings. The summed E-state index contributed by atoms with van der Waals surface area (Å²) in [5.41, 5.74) is 0. The second kappa shape index (κ2) is 4.69. The minimum absolute atomic E-state index is 0.0138. The number of hydrogen-bond acceptors (Lipinski definition) is 3. The molecule has 16 heavy (non-hydrogen) atoms. The zero-order valence-corrected chi connectivity index (χ0v) is 8.60. The van der Waals surface area contributed by atoms with Crippen LogP contribution in [-0.2, 0) is 9.59 Å².